The number of nitriles is 1. The molecule has 0 heterocycles. The number of nitrogen functional groups attached to an aromatic ring is 1. The van der Waals surface area contributed by atoms with Crippen molar-refractivity contribution in [3.8, 4) is 6.07 Å². The van der Waals surface area contributed by atoms with Gasteiger partial charge in [-0.1, -0.05) is 18.2 Å². The molecule has 0 aliphatic heterocycles. The van der Waals surface area contributed by atoms with Gasteiger partial charge in [0, 0.05) is 5.92 Å². The van der Waals surface area contributed by atoms with E-state index in [-0.39, 0.29) is 11.6 Å². The molecule has 24 heavy (non-hydrogen) atoms. The third-order valence-electron chi connectivity index (χ3n) is 4.08. The van der Waals surface area contributed by atoms with E-state index < -0.39 is 21.5 Å². The smallest absolute Gasteiger partial charge is 0.146 e. The van der Waals surface area contributed by atoms with Crippen LogP contribution in [0.4, 0.5) is 10.1 Å². The Labute approximate surface area is 143 Å². The van der Waals surface area contributed by atoms with Gasteiger partial charge >= 0.3 is 0 Å². The highest BCUT2D eigenvalue weighted by atomic mass is 32.2. The maximum absolute atomic E-state index is 13.5. The predicted octanol–water partition coefficient (Wildman–Crippen LogP) is 3.20. The molecule has 2 aromatic carbocycles. The Kier molecular flexibility index (Phi) is 5.37. The van der Waals surface area contributed by atoms with Crippen LogP contribution in [0, 0.1) is 17.1 Å². The first kappa shape index (κ1) is 18.1. The minimum atomic E-state index is -1.53. The van der Waals surface area contributed by atoms with Crippen LogP contribution in [-0.4, -0.2) is 8.96 Å². The molecule has 4 N–H and O–H groups in total. The fourth-order valence-electron chi connectivity index (χ4n) is 2.61. The summed E-state index contributed by atoms with van der Waals surface area (Å²) in [6, 6.07) is 13.8. The molecule has 0 radical (unpaired) electrons. The summed E-state index contributed by atoms with van der Waals surface area (Å²) in [5.41, 5.74) is 7.96. The average molecular weight is 345 g/mol. The first-order chi connectivity index (χ1) is 11.2. The number of hydrogen-bond acceptors (Lipinski definition) is 3. The van der Waals surface area contributed by atoms with E-state index in [1.165, 1.54) is 6.07 Å². The van der Waals surface area contributed by atoms with Crippen molar-refractivity contribution in [1.82, 2.24) is 0 Å². The van der Waals surface area contributed by atoms with Crippen molar-refractivity contribution in [2.75, 3.05) is 5.73 Å². The molecular weight excluding hydrogens is 325 g/mol. The molecule has 1 unspecified atom stereocenters. The third kappa shape index (κ3) is 3.99. The Morgan fingerprint density at radius 3 is 2.50 bits per heavy atom. The predicted molar refractivity (Wildman–Crippen MR) is 94.8 cm³/mol. The molecular formula is C18H20FN3OS. The minimum absolute atomic E-state index is 0.0561. The second-order valence-electron chi connectivity index (χ2n) is 6.33. The monoisotopic (exact) mass is 345 g/mol. The standard InChI is InChI=1S/C18H20FN3OS/c1-18(2,24(22)23)10-15(13-5-3-4-12(8-13)11-20)14-6-7-16(19)17(21)9-14/h3-9,15H,10,21-22H2,1-2H3/t15-,24?/m0/s1. The molecule has 0 fully saturated rings. The number of halogens is 1. The van der Waals surface area contributed by atoms with E-state index in [1.807, 2.05) is 19.9 Å². The van der Waals surface area contributed by atoms with Crippen molar-refractivity contribution in [2.45, 2.75) is 30.9 Å². The summed E-state index contributed by atoms with van der Waals surface area (Å²) in [5, 5.41) is 14.7. The molecule has 0 saturated heterocycles. The molecule has 126 valence electrons. The molecule has 6 heteroatoms. The van der Waals surface area contributed by atoms with Crippen molar-refractivity contribution >= 4 is 16.7 Å². The summed E-state index contributed by atoms with van der Waals surface area (Å²) in [4.78, 5) is 0. The van der Waals surface area contributed by atoms with Gasteiger partial charge in [0.05, 0.1) is 33.1 Å². The highest BCUT2D eigenvalue weighted by molar-refractivity contribution is 7.84. The highest BCUT2D eigenvalue weighted by Gasteiger charge is 2.30. The zero-order chi connectivity index (χ0) is 17.9. The van der Waals surface area contributed by atoms with Gasteiger partial charge in [0.15, 0.2) is 0 Å². The fourth-order valence-corrected chi connectivity index (χ4v) is 2.94. The van der Waals surface area contributed by atoms with E-state index in [2.05, 4.69) is 6.07 Å². The van der Waals surface area contributed by atoms with Crippen LogP contribution in [-0.2, 0) is 11.0 Å². The first-order valence-corrected chi connectivity index (χ1v) is 8.67. The molecule has 0 aromatic heterocycles. The van der Waals surface area contributed by atoms with Gasteiger partial charge < -0.3 is 5.73 Å². The van der Waals surface area contributed by atoms with Crippen LogP contribution in [0.25, 0.3) is 0 Å². The first-order valence-electron chi connectivity index (χ1n) is 7.46. The van der Waals surface area contributed by atoms with Crippen LogP contribution in [0.2, 0.25) is 0 Å². The number of nitrogens with two attached hydrogens (primary N) is 2. The average Bonchev–Trinajstić information content (AvgIpc) is 2.55. The summed E-state index contributed by atoms with van der Waals surface area (Å²) in [6.07, 6.45) is 0.468. The molecule has 2 aromatic rings. The van der Waals surface area contributed by atoms with E-state index >= 15 is 0 Å². The van der Waals surface area contributed by atoms with Crippen LogP contribution in [0.15, 0.2) is 42.5 Å². The van der Waals surface area contributed by atoms with Crippen LogP contribution in [0.3, 0.4) is 0 Å². The number of rotatable bonds is 5. The second-order valence-corrected chi connectivity index (χ2v) is 8.03. The van der Waals surface area contributed by atoms with Gasteiger partial charge in [0.1, 0.15) is 5.82 Å². The SMILES string of the molecule is CC(C)(C[C@@H](c1cccc(C#N)c1)c1ccc(F)c(N)c1)S(N)=O. The summed E-state index contributed by atoms with van der Waals surface area (Å²) in [6.45, 7) is 3.63. The second kappa shape index (κ2) is 7.12. The maximum Gasteiger partial charge on any atom is 0.146 e. The summed E-state index contributed by atoms with van der Waals surface area (Å²) in [5.74, 6) is -0.686. The fraction of sp³-hybridized carbons (Fsp3) is 0.278. The van der Waals surface area contributed by atoms with Crippen LogP contribution < -0.4 is 10.9 Å². The van der Waals surface area contributed by atoms with Crippen molar-refractivity contribution < 1.29 is 8.60 Å². The van der Waals surface area contributed by atoms with Crippen molar-refractivity contribution in [3.63, 3.8) is 0 Å². The molecule has 0 aliphatic rings. The van der Waals surface area contributed by atoms with Crippen LogP contribution in [0.5, 0.6) is 0 Å². The van der Waals surface area contributed by atoms with E-state index in [4.69, 9.17) is 16.1 Å². The van der Waals surface area contributed by atoms with Gasteiger partial charge in [0.25, 0.3) is 0 Å². The molecule has 2 rings (SSSR count). The number of hydrogen-bond donors (Lipinski definition) is 2. The molecule has 0 bridgehead atoms. The number of nitrogens with zero attached hydrogens (tertiary/aromatic N) is 1. The number of benzene rings is 2. The summed E-state index contributed by atoms with van der Waals surface area (Å²) in [7, 11) is -1.53. The Balaban J connectivity index is 2.54. The van der Waals surface area contributed by atoms with Crippen molar-refractivity contribution in [3.05, 3.63) is 65.0 Å². The lowest BCUT2D eigenvalue weighted by Gasteiger charge is -2.28. The van der Waals surface area contributed by atoms with Crippen LogP contribution in [0.1, 0.15) is 42.9 Å². The minimum Gasteiger partial charge on any atom is -0.396 e. The molecule has 4 nitrogen and oxygen atoms in total. The van der Waals surface area contributed by atoms with Gasteiger partial charge in [-0.15, -0.1) is 0 Å². The Morgan fingerprint density at radius 2 is 1.92 bits per heavy atom. The zero-order valence-electron chi connectivity index (χ0n) is 13.6. The van der Waals surface area contributed by atoms with E-state index in [0.29, 0.717) is 12.0 Å². The van der Waals surface area contributed by atoms with Crippen LogP contribution >= 0.6 is 0 Å². The van der Waals surface area contributed by atoms with Crippen molar-refractivity contribution in [1.29, 1.82) is 5.26 Å². The van der Waals surface area contributed by atoms with Gasteiger partial charge in [0.2, 0.25) is 0 Å². The van der Waals surface area contributed by atoms with E-state index in [1.54, 1.807) is 30.3 Å². The van der Waals surface area contributed by atoms with E-state index in [0.717, 1.165) is 11.1 Å². The lowest BCUT2D eigenvalue weighted by Crippen LogP contribution is -2.34. The van der Waals surface area contributed by atoms with Gasteiger partial charge in [-0.2, -0.15) is 5.26 Å². The Bertz CT molecular complexity index is 814. The Hall–Kier alpha value is -2.23. The Morgan fingerprint density at radius 1 is 1.25 bits per heavy atom. The quantitative estimate of drug-likeness (QED) is 0.815. The molecule has 2 atom stereocenters. The molecule has 0 amide bonds. The lowest BCUT2D eigenvalue weighted by molar-refractivity contribution is 0.555. The largest absolute Gasteiger partial charge is 0.396 e. The van der Waals surface area contributed by atoms with Gasteiger partial charge in [-0.3, -0.25) is 5.14 Å². The van der Waals surface area contributed by atoms with Crippen molar-refractivity contribution in [2.24, 2.45) is 5.14 Å². The topological polar surface area (TPSA) is 92.9 Å². The van der Waals surface area contributed by atoms with Gasteiger partial charge in [-0.25, -0.2) is 8.60 Å². The summed E-state index contributed by atoms with van der Waals surface area (Å²) >= 11 is 0. The molecule has 0 spiro atoms. The third-order valence-corrected chi connectivity index (χ3v) is 5.34. The zero-order valence-corrected chi connectivity index (χ0v) is 14.4. The molecule has 0 aliphatic carbocycles. The summed E-state index contributed by atoms with van der Waals surface area (Å²) < 4.78 is 24.7. The number of anilines is 1. The van der Waals surface area contributed by atoms with E-state index in [9.17, 15) is 8.60 Å². The van der Waals surface area contributed by atoms with Gasteiger partial charge in [-0.05, 0) is 55.7 Å². The maximum atomic E-state index is 13.5. The lowest BCUT2D eigenvalue weighted by atomic mass is 9.83. The normalized spacial score (nSPS) is 14.0. The molecule has 0 saturated carbocycles. The highest BCUT2D eigenvalue weighted by Crippen LogP contribution is 2.35.